The van der Waals surface area contributed by atoms with Crippen molar-refractivity contribution in [3.8, 4) is 5.75 Å². The molecule has 102 valence electrons. The van der Waals surface area contributed by atoms with Crippen LogP contribution in [0.3, 0.4) is 0 Å². The summed E-state index contributed by atoms with van der Waals surface area (Å²) < 4.78 is 24.8. The molecule has 1 aromatic rings. The minimum atomic E-state index is -3.51. The summed E-state index contributed by atoms with van der Waals surface area (Å²) in [5.74, 6) is -0.151. The van der Waals surface area contributed by atoms with Crippen LogP contribution in [0.4, 0.5) is 0 Å². The van der Waals surface area contributed by atoms with Crippen molar-refractivity contribution in [2.45, 2.75) is 24.2 Å². The Morgan fingerprint density at radius 1 is 1.16 bits per heavy atom. The van der Waals surface area contributed by atoms with Gasteiger partial charge in [-0.2, -0.15) is 0 Å². The van der Waals surface area contributed by atoms with Gasteiger partial charge in [0.1, 0.15) is 10.6 Å². The van der Waals surface area contributed by atoms with E-state index >= 15 is 0 Å². The van der Waals surface area contributed by atoms with Crippen LogP contribution in [0.5, 0.6) is 5.75 Å². The Labute approximate surface area is 113 Å². The van der Waals surface area contributed by atoms with Crippen molar-refractivity contribution in [3.63, 3.8) is 0 Å². The maximum atomic E-state index is 12.4. The van der Waals surface area contributed by atoms with E-state index in [0.717, 1.165) is 25.9 Å². The first-order valence-electron chi connectivity index (χ1n) is 6.59. The molecule has 5 heteroatoms. The van der Waals surface area contributed by atoms with Gasteiger partial charge in [-0.05, 0) is 43.6 Å². The molecule has 1 fully saturated rings. The molecule has 0 unspecified atom stereocenters. The van der Waals surface area contributed by atoms with Crippen LogP contribution in [-0.4, -0.2) is 38.1 Å². The smallest absolute Gasteiger partial charge is 0.208 e. The average Bonchev–Trinajstić information content (AvgIpc) is 2.63. The van der Waals surface area contributed by atoms with E-state index in [4.69, 9.17) is 0 Å². The molecule has 0 saturated carbocycles. The molecule has 19 heavy (non-hydrogen) atoms. The molecule has 1 aromatic carbocycles. The molecule has 0 spiro atoms. The van der Waals surface area contributed by atoms with Crippen LogP contribution in [0.25, 0.3) is 6.08 Å². The number of fused-ring (bicyclic) bond motifs is 1. The zero-order valence-corrected chi connectivity index (χ0v) is 11.5. The van der Waals surface area contributed by atoms with Gasteiger partial charge in [-0.3, -0.25) is 4.90 Å². The van der Waals surface area contributed by atoms with E-state index in [-0.39, 0.29) is 10.6 Å². The van der Waals surface area contributed by atoms with Crippen LogP contribution in [-0.2, 0) is 9.84 Å². The third-order valence-corrected chi connectivity index (χ3v) is 5.70. The van der Waals surface area contributed by atoms with Crippen LogP contribution in [0.2, 0.25) is 0 Å². The van der Waals surface area contributed by atoms with E-state index in [1.165, 1.54) is 12.5 Å². The summed E-state index contributed by atoms with van der Waals surface area (Å²) in [5, 5.41) is 9.76. The predicted octanol–water partition coefficient (Wildman–Crippen LogP) is 2.01. The van der Waals surface area contributed by atoms with Crippen molar-refractivity contribution >= 4 is 15.9 Å². The van der Waals surface area contributed by atoms with Crippen molar-refractivity contribution in [3.05, 3.63) is 28.7 Å². The first-order chi connectivity index (χ1) is 9.09. The maximum Gasteiger partial charge on any atom is 0.208 e. The van der Waals surface area contributed by atoms with Crippen LogP contribution in [0.15, 0.2) is 28.0 Å². The fourth-order valence-electron chi connectivity index (χ4n) is 2.80. The van der Waals surface area contributed by atoms with Crippen LogP contribution in [0.1, 0.15) is 24.8 Å². The highest BCUT2D eigenvalue weighted by Gasteiger charge is 2.33. The number of rotatable bonds is 2. The maximum absolute atomic E-state index is 12.4. The number of nitrogens with zero attached hydrogens (tertiary/aromatic N) is 1. The topological polar surface area (TPSA) is 57.6 Å². The van der Waals surface area contributed by atoms with Crippen LogP contribution in [0, 0.1) is 0 Å². The molecular weight excluding hydrogens is 262 g/mol. The lowest BCUT2D eigenvalue weighted by Crippen LogP contribution is -2.32. The van der Waals surface area contributed by atoms with Gasteiger partial charge in [0.25, 0.3) is 0 Å². The third-order valence-electron chi connectivity index (χ3n) is 3.78. The lowest BCUT2D eigenvalue weighted by atomic mass is 10.1. The summed E-state index contributed by atoms with van der Waals surface area (Å²) in [6.07, 6.45) is 5.18. The number of hydrogen-bond donors (Lipinski definition) is 1. The van der Waals surface area contributed by atoms with E-state index in [2.05, 4.69) is 4.90 Å². The largest absolute Gasteiger partial charge is 0.507 e. The molecule has 0 aliphatic carbocycles. The molecule has 0 aromatic heterocycles. The van der Waals surface area contributed by atoms with E-state index < -0.39 is 9.84 Å². The number of benzene rings is 1. The molecule has 0 bridgehead atoms. The molecule has 4 nitrogen and oxygen atoms in total. The van der Waals surface area contributed by atoms with Gasteiger partial charge in [-0.15, -0.1) is 0 Å². The highest BCUT2D eigenvalue weighted by Crippen LogP contribution is 2.38. The Balaban J connectivity index is 1.91. The number of phenols is 1. The average molecular weight is 279 g/mol. The Morgan fingerprint density at radius 3 is 2.58 bits per heavy atom. The second-order valence-corrected chi connectivity index (χ2v) is 7.09. The summed E-state index contributed by atoms with van der Waals surface area (Å²) >= 11 is 0. The van der Waals surface area contributed by atoms with Gasteiger partial charge in [0, 0.05) is 6.54 Å². The van der Waals surface area contributed by atoms with Crippen molar-refractivity contribution in [1.29, 1.82) is 0 Å². The minimum absolute atomic E-state index is 0.0713. The standard InChI is InChI=1S/C14H17NO3S/c16-13-6-4-5-11-9-12(19(17,18)14(11)13)10-15-7-2-1-3-8-15/h4-6,9,16H,1-3,7-8,10H2. The van der Waals surface area contributed by atoms with Gasteiger partial charge in [0.15, 0.2) is 0 Å². The number of piperidine rings is 1. The van der Waals surface area contributed by atoms with Crippen LogP contribution < -0.4 is 0 Å². The van der Waals surface area contributed by atoms with E-state index in [1.54, 1.807) is 18.2 Å². The first-order valence-corrected chi connectivity index (χ1v) is 8.07. The molecule has 0 atom stereocenters. The van der Waals surface area contributed by atoms with Gasteiger partial charge < -0.3 is 5.11 Å². The summed E-state index contributed by atoms with van der Waals surface area (Å²) in [4.78, 5) is 2.66. The highest BCUT2D eigenvalue weighted by atomic mass is 32.2. The van der Waals surface area contributed by atoms with E-state index in [0.29, 0.717) is 17.0 Å². The molecule has 0 radical (unpaired) electrons. The van der Waals surface area contributed by atoms with Crippen LogP contribution >= 0.6 is 0 Å². The fourth-order valence-corrected chi connectivity index (χ4v) is 4.48. The number of hydrogen-bond acceptors (Lipinski definition) is 4. The van der Waals surface area contributed by atoms with Gasteiger partial charge in [-0.25, -0.2) is 8.42 Å². The number of aromatic hydroxyl groups is 1. The Bertz CT molecular complexity index is 628. The normalized spacial score (nSPS) is 22.0. The van der Waals surface area contributed by atoms with Gasteiger partial charge in [0.2, 0.25) is 9.84 Å². The Hall–Kier alpha value is -1.33. The van der Waals surface area contributed by atoms with Gasteiger partial charge in [0.05, 0.1) is 4.91 Å². The quantitative estimate of drug-likeness (QED) is 0.899. The lowest BCUT2D eigenvalue weighted by molar-refractivity contribution is 0.250. The van der Waals surface area contributed by atoms with E-state index in [9.17, 15) is 13.5 Å². The molecule has 0 amide bonds. The van der Waals surface area contributed by atoms with E-state index in [1.807, 2.05) is 0 Å². The zero-order chi connectivity index (χ0) is 13.5. The highest BCUT2D eigenvalue weighted by molar-refractivity contribution is 7.96. The van der Waals surface area contributed by atoms with Crippen molar-refractivity contribution in [2.24, 2.45) is 0 Å². The summed E-state index contributed by atoms with van der Waals surface area (Å²) in [7, 11) is -3.51. The fraction of sp³-hybridized carbons (Fsp3) is 0.429. The second-order valence-electron chi connectivity index (χ2n) is 5.15. The zero-order valence-electron chi connectivity index (χ0n) is 10.7. The Kier molecular flexibility index (Phi) is 3.11. The molecule has 1 saturated heterocycles. The lowest BCUT2D eigenvalue weighted by Gasteiger charge is -2.26. The predicted molar refractivity (Wildman–Crippen MR) is 73.6 cm³/mol. The minimum Gasteiger partial charge on any atom is -0.507 e. The van der Waals surface area contributed by atoms with Crippen molar-refractivity contribution < 1.29 is 13.5 Å². The third kappa shape index (κ3) is 2.17. The van der Waals surface area contributed by atoms with Gasteiger partial charge >= 0.3 is 0 Å². The van der Waals surface area contributed by atoms with Gasteiger partial charge in [-0.1, -0.05) is 18.6 Å². The number of sulfone groups is 1. The van der Waals surface area contributed by atoms with Crippen molar-refractivity contribution in [1.82, 2.24) is 4.90 Å². The number of phenolic OH excluding ortho intramolecular Hbond substituents is 1. The molecule has 2 aliphatic rings. The summed E-state index contributed by atoms with van der Waals surface area (Å²) in [6, 6.07) is 4.83. The second kappa shape index (κ2) is 4.65. The first kappa shape index (κ1) is 12.7. The summed E-state index contributed by atoms with van der Waals surface area (Å²) in [5.41, 5.74) is 0.604. The Morgan fingerprint density at radius 2 is 1.89 bits per heavy atom. The molecule has 2 heterocycles. The van der Waals surface area contributed by atoms with Crippen molar-refractivity contribution in [2.75, 3.05) is 19.6 Å². The molecule has 1 N–H and O–H groups in total. The SMILES string of the molecule is O=S1(=O)C(CN2CCCCC2)=Cc2cccc(O)c21. The summed E-state index contributed by atoms with van der Waals surface area (Å²) in [6.45, 7) is 2.36. The number of likely N-dealkylation sites (tertiary alicyclic amines) is 1. The monoisotopic (exact) mass is 279 g/mol. The molecular formula is C14H17NO3S. The molecule has 2 aliphatic heterocycles. The molecule has 3 rings (SSSR count).